The number of rotatable bonds is 8. The molecule has 1 amide bonds. The predicted molar refractivity (Wildman–Crippen MR) is 174 cm³/mol. The number of aliphatic hydroxyl groups is 2. The standard InChI is InChI=1S/C35H50ClNO10/c1-20-14-25(13-11-9-8-10-12-24-16-26(24)36)45-29(39)18-35(41)17-28(22(3)30(47-35)21(2)27(15-20)42-6)46-33-32(43-7)34(5,40)31(37-19-38)23(4)44-33/h8-9,11,13,15,19,21-28,30-33,40-41H,14,16-18H2,1-7H3,(H,37,38)/b9-8+,13-11+,20-15+/t21-,22-,23-,24?,25+,26-,27-,28+,30?,31+,32+,33?,34+,35?/m1/s1. The second kappa shape index (κ2) is 16.0. The van der Waals surface area contributed by atoms with Crippen molar-refractivity contribution in [2.75, 3.05) is 14.2 Å². The fraction of sp³-hybridized carbons (Fsp3) is 0.714. The van der Waals surface area contributed by atoms with Gasteiger partial charge in [0.15, 0.2) is 12.1 Å². The fourth-order valence-electron chi connectivity index (χ4n) is 6.92. The molecule has 3 heterocycles. The predicted octanol–water partition coefficient (Wildman–Crippen LogP) is 3.16. The lowest BCUT2D eigenvalue weighted by Gasteiger charge is -2.52. The van der Waals surface area contributed by atoms with Crippen molar-refractivity contribution in [1.29, 1.82) is 0 Å². The Bertz CT molecular complexity index is 1260. The minimum atomic E-state index is -1.93. The molecule has 4 unspecified atom stereocenters. The summed E-state index contributed by atoms with van der Waals surface area (Å²) in [6.45, 7) is 9.14. The number of alkyl halides is 1. The second-order valence-corrected chi connectivity index (χ2v) is 14.1. The van der Waals surface area contributed by atoms with Gasteiger partial charge in [0.1, 0.15) is 17.8 Å². The molecule has 0 aromatic rings. The molecule has 3 fully saturated rings. The molecule has 0 spiro atoms. The molecule has 0 aromatic carbocycles. The molecule has 3 aliphatic heterocycles. The number of esters is 1. The van der Waals surface area contributed by atoms with Crippen LogP contribution in [0.5, 0.6) is 0 Å². The topological polar surface area (TPSA) is 142 Å². The second-order valence-electron chi connectivity index (χ2n) is 13.5. The van der Waals surface area contributed by atoms with E-state index >= 15 is 0 Å². The van der Waals surface area contributed by atoms with Crippen LogP contribution in [0.1, 0.15) is 60.3 Å². The molecule has 12 heteroatoms. The fourth-order valence-corrected chi connectivity index (χ4v) is 7.17. The van der Waals surface area contributed by atoms with E-state index < -0.39 is 66.6 Å². The molecule has 11 nitrogen and oxygen atoms in total. The van der Waals surface area contributed by atoms with Gasteiger partial charge in [0, 0.05) is 50.2 Å². The smallest absolute Gasteiger partial charge is 0.311 e. The van der Waals surface area contributed by atoms with E-state index in [0.717, 1.165) is 12.0 Å². The van der Waals surface area contributed by atoms with Crippen LogP contribution in [-0.2, 0) is 38.0 Å². The average Bonchev–Trinajstić information content (AvgIpc) is 3.70. The zero-order chi connectivity index (χ0) is 34.5. The lowest BCUT2D eigenvalue weighted by molar-refractivity contribution is -0.352. The van der Waals surface area contributed by atoms with E-state index in [1.54, 1.807) is 45.3 Å². The summed E-state index contributed by atoms with van der Waals surface area (Å²) in [4.78, 5) is 24.6. The Morgan fingerprint density at radius 3 is 2.51 bits per heavy atom. The molecule has 1 saturated carbocycles. The van der Waals surface area contributed by atoms with Gasteiger partial charge in [-0.3, -0.25) is 9.59 Å². The molecule has 1 aliphatic carbocycles. The average molecular weight is 680 g/mol. The van der Waals surface area contributed by atoms with Crippen molar-refractivity contribution in [1.82, 2.24) is 5.32 Å². The van der Waals surface area contributed by atoms with E-state index in [2.05, 4.69) is 17.2 Å². The van der Waals surface area contributed by atoms with Gasteiger partial charge in [-0.15, -0.1) is 11.6 Å². The van der Waals surface area contributed by atoms with Crippen molar-refractivity contribution >= 4 is 24.0 Å². The Kier molecular flexibility index (Phi) is 12.8. The number of carbonyl (C=O) groups is 2. The van der Waals surface area contributed by atoms with Gasteiger partial charge in [0.05, 0.1) is 36.9 Å². The first-order valence-corrected chi connectivity index (χ1v) is 16.7. The van der Waals surface area contributed by atoms with Crippen molar-refractivity contribution in [3.63, 3.8) is 0 Å². The number of allylic oxidation sites excluding steroid dienone is 3. The Morgan fingerprint density at radius 1 is 1.15 bits per heavy atom. The zero-order valence-electron chi connectivity index (χ0n) is 28.3. The first-order chi connectivity index (χ1) is 22.2. The maximum atomic E-state index is 13.3. The van der Waals surface area contributed by atoms with Crippen LogP contribution >= 0.6 is 11.6 Å². The number of cyclic esters (lactones) is 1. The number of carbonyl (C=O) groups excluding carboxylic acids is 2. The Hall–Kier alpha value is -2.27. The van der Waals surface area contributed by atoms with Crippen LogP contribution in [0, 0.1) is 29.6 Å². The lowest BCUT2D eigenvalue weighted by Crippen LogP contribution is -2.70. The largest absolute Gasteiger partial charge is 0.458 e. The summed E-state index contributed by atoms with van der Waals surface area (Å²) in [5.74, 6) is 3.19. The van der Waals surface area contributed by atoms with Crippen LogP contribution in [-0.4, -0.2) is 103 Å². The highest BCUT2D eigenvalue weighted by atomic mass is 35.5. The molecule has 14 atom stereocenters. The van der Waals surface area contributed by atoms with Crippen molar-refractivity contribution < 1.29 is 48.2 Å². The van der Waals surface area contributed by atoms with Gasteiger partial charge in [-0.1, -0.05) is 49.5 Å². The Labute approximate surface area is 283 Å². The maximum absolute atomic E-state index is 13.3. The summed E-state index contributed by atoms with van der Waals surface area (Å²) < 4.78 is 36.4. The number of fused-ring (bicyclic) bond motifs is 2. The van der Waals surface area contributed by atoms with E-state index in [4.69, 9.17) is 40.0 Å². The van der Waals surface area contributed by atoms with Crippen LogP contribution in [0.4, 0.5) is 0 Å². The minimum Gasteiger partial charge on any atom is -0.458 e. The number of halogens is 1. The molecular weight excluding hydrogens is 630 g/mol. The first-order valence-electron chi connectivity index (χ1n) is 16.3. The number of nitrogens with one attached hydrogen (secondary N) is 1. The first kappa shape index (κ1) is 37.5. The van der Waals surface area contributed by atoms with Gasteiger partial charge in [0.2, 0.25) is 6.41 Å². The van der Waals surface area contributed by atoms with E-state index in [0.29, 0.717) is 12.8 Å². The SMILES string of the molecule is CO[C@@H]1/C=C(\C)C[C@H](/C=C/C=C/C#CC2C[C@H]2Cl)OC(=O)CC2(O)C[C@H](OC3O[C@H](C)[C@H](NC=O)[C@](C)(O)[C@H]3OC)[C@@H](C)C(O2)[C@@H]1C. The summed E-state index contributed by atoms with van der Waals surface area (Å²) in [6.07, 6.45) is 5.45. The van der Waals surface area contributed by atoms with Gasteiger partial charge in [-0.05, 0) is 39.3 Å². The van der Waals surface area contributed by atoms with E-state index in [1.807, 2.05) is 26.8 Å². The van der Waals surface area contributed by atoms with Gasteiger partial charge >= 0.3 is 5.97 Å². The highest BCUT2D eigenvalue weighted by molar-refractivity contribution is 6.22. The summed E-state index contributed by atoms with van der Waals surface area (Å²) in [7, 11) is 3.04. The molecule has 4 rings (SSSR count). The van der Waals surface area contributed by atoms with E-state index in [9.17, 15) is 19.8 Å². The third kappa shape index (κ3) is 9.25. The van der Waals surface area contributed by atoms with Crippen molar-refractivity contribution in [3.05, 3.63) is 36.0 Å². The van der Waals surface area contributed by atoms with Crippen LogP contribution in [0.2, 0.25) is 0 Å². The summed E-state index contributed by atoms with van der Waals surface area (Å²) >= 11 is 6.00. The summed E-state index contributed by atoms with van der Waals surface area (Å²) in [5.41, 5.74) is -0.591. The molecule has 2 bridgehead atoms. The lowest BCUT2D eigenvalue weighted by atomic mass is 9.79. The number of methoxy groups -OCH3 is 2. The number of hydrogen-bond acceptors (Lipinski definition) is 10. The highest BCUT2D eigenvalue weighted by Crippen LogP contribution is 2.42. The molecule has 0 aromatic heterocycles. The van der Waals surface area contributed by atoms with Crippen molar-refractivity contribution in [2.45, 2.75) is 126 Å². The van der Waals surface area contributed by atoms with Crippen molar-refractivity contribution in [3.8, 4) is 11.8 Å². The Balaban J connectivity index is 1.58. The van der Waals surface area contributed by atoms with Gasteiger partial charge < -0.3 is 44.0 Å². The number of amides is 1. The summed E-state index contributed by atoms with van der Waals surface area (Å²) in [5, 5.41) is 26.0. The highest BCUT2D eigenvalue weighted by Gasteiger charge is 2.56. The minimum absolute atomic E-state index is 0.0755. The van der Waals surface area contributed by atoms with Gasteiger partial charge in [-0.2, -0.15) is 0 Å². The maximum Gasteiger partial charge on any atom is 0.311 e. The number of hydrogen-bond donors (Lipinski definition) is 3. The number of ether oxygens (including phenoxy) is 6. The summed E-state index contributed by atoms with van der Waals surface area (Å²) in [6, 6.07) is -0.758. The van der Waals surface area contributed by atoms with Crippen LogP contribution < -0.4 is 5.32 Å². The van der Waals surface area contributed by atoms with Crippen molar-refractivity contribution in [2.24, 2.45) is 17.8 Å². The molecule has 2 saturated heterocycles. The Morgan fingerprint density at radius 2 is 1.87 bits per heavy atom. The molecule has 47 heavy (non-hydrogen) atoms. The molecule has 262 valence electrons. The third-order valence-corrected chi connectivity index (χ3v) is 10.1. The van der Waals surface area contributed by atoms with E-state index in [1.165, 1.54) is 7.11 Å². The zero-order valence-corrected chi connectivity index (χ0v) is 29.0. The third-order valence-electron chi connectivity index (χ3n) is 9.64. The molecule has 0 radical (unpaired) electrons. The molecular formula is C35H50ClNO10. The van der Waals surface area contributed by atoms with Crippen LogP contribution in [0.15, 0.2) is 36.0 Å². The molecule has 4 aliphatic rings. The van der Waals surface area contributed by atoms with Crippen LogP contribution in [0.25, 0.3) is 0 Å². The van der Waals surface area contributed by atoms with Gasteiger partial charge in [0.25, 0.3) is 0 Å². The van der Waals surface area contributed by atoms with E-state index in [-0.39, 0.29) is 35.7 Å². The quantitative estimate of drug-likeness (QED) is 0.0875. The molecule has 3 N–H and O–H groups in total. The van der Waals surface area contributed by atoms with Gasteiger partial charge in [-0.25, -0.2) is 0 Å². The monoisotopic (exact) mass is 679 g/mol. The normalized spacial score (nSPS) is 45.5. The van der Waals surface area contributed by atoms with Crippen LogP contribution in [0.3, 0.4) is 0 Å².